The molecule has 0 spiro atoms. The molecule has 0 fully saturated rings. The highest BCUT2D eigenvalue weighted by atomic mass is 16.5. The van der Waals surface area contributed by atoms with Gasteiger partial charge in [-0.1, -0.05) is 256 Å². The lowest BCUT2D eigenvalue weighted by molar-refractivity contribution is -0.143. The maximum absolute atomic E-state index is 12.4. The van der Waals surface area contributed by atoms with Crippen LogP contribution in [0.3, 0.4) is 0 Å². The van der Waals surface area contributed by atoms with Crippen LogP contribution in [0.2, 0.25) is 0 Å². The number of unbranched alkanes of at least 4 members (excludes halogenated alkanes) is 38. The number of carbonyl (C=O) groups excluding carboxylic acids is 2. The van der Waals surface area contributed by atoms with Crippen molar-refractivity contribution in [1.82, 2.24) is 5.32 Å². The summed E-state index contributed by atoms with van der Waals surface area (Å²) in [5.41, 5.74) is 0. The quantitative estimate of drug-likeness (QED) is 0.0245. The number of carbonyl (C=O) groups is 2. The molecule has 2 atom stereocenters. The van der Waals surface area contributed by atoms with E-state index in [0.29, 0.717) is 19.4 Å². The van der Waals surface area contributed by atoms with E-state index in [1.54, 1.807) is 6.08 Å². The Hall–Kier alpha value is -1.92. The Bertz CT molecular complexity index is 1040. The average Bonchev–Trinajstić information content (AvgIpc) is 3.29. The van der Waals surface area contributed by atoms with Crippen molar-refractivity contribution in [2.24, 2.45) is 0 Å². The minimum atomic E-state index is -0.859. The molecule has 3 N–H and O–H groups in total. The first-order valence-electron chi connectivity index (χ1n) is 28.3. The first-order chi connectivity index (χ1) is 31.5. The third-order valence-electron chi connectivity index (χ3n) is 12.9. The van der Waals surface area contributed by atoms with Crippen LogP contribution in [0.15, 0.2) is 36.5 Å². The number of esters is 1. The number of ether oxygens (including phenoxy) is 1. The Morgan fingerprint density at radius 3 is 1.16 bits per heavy atom. The van der Waals surface area contributed by atoms with Crippen molar-refractivity contribution in [3.05, 3.63) is 36.5 Å². The molecular formula is C58H109NO5. The lowest BCUT2D eigenvalue weighted by Crippen LogP contribution is -2.45. The third kappa shape index (κ3) is 49.5. The molecule has 0 aromatic carbocycles. The Morgan fingerprint density at radius 2 is 0.766 bits per heavy atom. The van der Waals surface area contributed by atoms with E-state index < -0.39 is 12.1 Å². The van der Waals surface area contributed by atoms with Crippen LogP contribution in [-0.2, 0) is 14.3 Å². The SMILES string of the molecule is CCCCCCCCCCCCCCCCC/C=C/C(O)C(CO)NC(=O)CCCCCCCC/C=C\C=C/CCCCCOC(=O)CCCCCCCCCCCCCCCCC. The number of aliphatic hydroxyl groups is 2. The molecule has 1 amide bonds. The number of amides is 1. The van der Waals surface area contributed by atoms with E-state index in [-0.39, 0.29) is 18.5 Å². The van der Waals surface area contributed by atoms with Gasteiger partial charge in [-0.25, -0.2) is 0 Å². The second-order valence-electron chi connectivity index (χ2n) is 19.3. The van der Waals surface area contributed by atoms with Crippen LogP contribution in [-0.4, -0.2) is 47.4 Å². The van der Waals surface area contributed by atoms with Crippen molar-refractivity contribution in [1.29, 1.82) is 0 Å². The van der Waals surface area contributed by atoms with Gasteiger partial charge >= 0.3 is 5.97 Å². The van der Waals surface area contributed by atoms with Gasteiger partial charge in [0.2, 0.25) is 5.91 Å². The molecule has 0 bridgehead atoms. The van der Waals surface area contributed by atoms with Crippen LogP contribution in [0, 0.1) is 0 Å². The fourth-order valence-corrected chi connectivity index (χ4v) is 8.57. The first-order valence-corrected chi connectivity index (χ1v) is 28.3. The van der Waals surface area contributed by atoms with E-state index in [0.717, 1.165) is 77.0 Å². The number of rotatable bonds is 52. The van der Waals surface area contributed by atoms with Gasteiger partial charge in [0.15, 0.2) is 0 Å². The van der Waals surface area contributed by atoms with Gasteiger partial charge in [0, 0.05) is 12.8 Å². The minimum Gasteiger partial charge on any atom is -0.466 e. The molecule has 6 heteroatoms. The Kier molecular flexibility index (Phi) is 52.1. The summed E-state index contributed by atoms with van der Waals surface area (Å²) in [7, 11) is 0. The van der Waals surface area contributed by atoms with Crippen LogP contribution in [0.5, 0.6) is 0 Å². The van der Waals surface area contributed by atoms with E-state index in [9.17, 15) is 19.8 Å². The topological polar surface area (TPSA) is 95.9 Å². The zero-order valence-corrected chi connectivity index (χ0v) is 42.8. The second kappa shape index (κ2) is 53.7. The van der Waals surface area contributed by atoms with Crippen molar-refractivity contribution < 1.29 is 24.5 Å². The van der Waals surface area contributed by atoms with E-state index in [4.69, 9.17) is 4.74 Å². The van der Waals surface area contributed by atoms with Crippen LogP contribution in [0.4, 0.5) is 0 Å². The van der Waals surface area contributed by atoms with Crippen LogP contribution in [0.1, 0.15) is 296 Å². The maximum Gasteiger partial charge on any atom is 0.305 e. The van der Waals surface area contributed by atoms with Crippen LogP contribution >= 0.6 is 0 Å². The van der Waals surface area contributed by atoms with Gasteiger partial charge in [0.05, 0.1) is 25.4 Å². The molecule has 0 aromatic rings. The molecule has 0 radical (unpaired) electrons. The summed E-state index contributed by atoms with van der Waals surface area (Å²) in [5.74, 6) is -0.109. The average molecular weight is 901 g/mol. The Morgan fingerprint density at radius 1 is 0.438 bits per heavy atom. The summed E-state index contributed by atoms with van der Waals surface area (Å²) in [5, 5.41) is 23.1. The molecule has 2 unspecified atom stereocenters. The van der Waals surface area contributed by atoms with Gasteiger partial charge in [0.25, 0.3) is 0 Å². The Balaban J connectivity index is 3.54. The molecule has 0 aliphatic carbocycles. The number of hydrogen-bond donors (Lipinski definition) is 3. The number of aliphatic hydroxyl groups excluding tert-OH is 2. The number of nitrogens with one attached hydrogen (secondary N) is 1. The van der Waals surface area contributed by atoms with E-state index in [1.165, 1.54) is 193 Å². The molecule has 0 aromatic heterocycles. The van der Waals surface area contributed by atoms with Crippen molar-refractivity contribution >= 4 is 11.9 Å². The van der Waals surface area contributed by atoms with E-state index >= 15 is 0 Å². The van der Waals surface area contributed by atoms with Crippen molar-refractivity contribution in [2.45, 2.75) is 309 Å². The van der Waals surface area contributed by atoms with Crippen molar-refractivity contribution in [3.8, 4) is 0 Å². The Labute approximate surface area is 398 Å². The van der Waals surface area contributed by atoms with Crippen LogP contribution < -0.4 is 5.32 Å². The standard InChI is InChI=1S/C58H109NO5/c1-3-5-7-9-11-13-15-17-19-20-23-26-30-34-38-42-46-50-56(61)55(54-60)59-57(62)51-47-43-39-35-31-27-24-21-25-29-33-37-41-45-49-53-64-58(63)52-48-44-40-36-32-28-22-18-16-14-12-10-8-6-4-2/h21,25,29,33,46,50,55-56,60-61H,3-20,22-24,26-28,30-32,34-45,47-49,51-54H2,1-2H3,(H,59,62)/b25-21-,33-29-,50-46+. The summed E-state index contributed by atoms with van der Waals surface area (Å²) in [6.07, 6.45) is 65.9. The molecule has 0 rings (SSSR count). The minimum absolute atomic E-state index is 0.0201. The summed E-state index contributed by atoms with van der Waals surface area (Å²) in [6.45, 7) is 4.86. The third-order valence-corrected chi connectivity index (χ3v) is 12.9. The summed E-state index contributed by atoms with van der Waals surface area (Å²) < 4.78 is 5.45. The van der Waals surface area contributed by atoms with Crippen molar-refractivity contribution in [2.75, 3.05) is 13.2 Å². The van der Waals surface area contributed by atoms with Crippen LogP contribution in [0.25, 0.3) is 0 Å². The molecule has 0 aliphatic rings. The summed E-state index contributed by atoms with van der Waals surface area (Å²) in [6, 6.07) is -0.644. The second-order valence-corrected chi connectivity index (χ2v) is 19.3. The molecule has 6 nitrogen and oxygen atoms in total. The van der Waals surface area contributed by atoms with Gasteiger partial charge in [-0.05, 0) is 64.2 Å². The molecule has 0 aliphatic heterocycles. The highest BCUT2D eigenvalue weighted by molar-refractivity contribution is 5.76. The predicted molar refractivity (Wildman–Crippen MR) is 278 cm³/mol. The van der Waals surface area contributed by atoms with E-state index in [1.807, 2.05) is 6.08 Å². The summed E-state index contributed by atoms with van der Waals surface area (Å²) >= 11 is 0. The molecule has 0 saturated heterocycles. The highest BCUT2D eigenvalue weighted by Gasteiger charge is 2.18. The number of allylic oxidation sites excluding steroid dienone is 5. The van der Waals surface area contributed by atoms with Gasteiger partial charge in [-0.2, -0.15) is 0 Å². The number of hydrogen-bond acceptors (Lipinski definition) is 5. The normalized spacial score (nSPS) is 12.9. The molecule has 64 heavy (non-hydrogen) atoms. The largest absolute Gasteiger partial charge is 0.466 e. The zero-order valence-electron chi connectivity index (χ0n) is 42.8. The van der Waals surface area contributed by atoms with Gasteiger partial charge in [-0.15, -0.1) is 0 Å². The molecular weight excluding hydrogens is 791 g/mol. The highest BCUT2D eigenvalue weighted by Crippen LogP contribution is 2.16. The maximum atomic E-state index is 12.4. The first kappa shape index (κ1) is 62.1. The monoisotopic (exact) mass is 900 g/mol. The fraction of sp³-hybridized carbons (Fsp3) is 0.862. The van der Waals surface area contributed by atoms with Gasteiger partial charge in [0.1, 0.15) is 0 Å². The van der Waals surface area contributed by atoms with E-state index in [2.05, 4.69) is 43.5 Å². The lowest BCUT2D eigenvalue weighted by Gasteiger charge is -2.20. The zero-order chi connectivity index (χ0) is 46.5. The van der Waals surface area contributed by atoms with Gasteiger partial charge < -0.3 is 20.3 Å². The smallest absolute Gasteiger partial charge is 0.305 e. The fourth-order valence-electron chi connectivity index (χ4n) is 8.57. The summed E-state index contributed by atoms with van der Waals surface area (Å²) in [4.78, 5) is 24.5. The molecule has 0 saturated carbocycles. The predicted octanol–water partition coefficient (Wildman–Crippen LogP) is 17.2. The van der Waals surface area contributed by atoms with Gasteiger partial charge in [-0.3, -0.25) is 9.59 Å². The molecule has 0 heterocycles. The lowest BCUT2D eigenvalue weighted by atomic mass is 10.0. The van der Waals surface area contributed by atoms with Crippen molar-refractivity contribution in [3.63, 3.8) is 0 Å². The molecule has 376 valence electrons.